The summed E-state index contributed by atoms with van der Waals surface area (Å²) in [6, 6.07) is 71.1. The summed E-state index contributed by atoms with van der Waals surface area (Å²) in [5.74, 6) is 0. The van der Waals surface area contributed by atoms with E-state index in [2.05, 4.69) is 117 Å². The molecule has 0 saturated carbocycles. The maximum absolute atomic E-state index is 9.91. The average molecular weight is 1130 g/mol. The summed E-state index contributed by atoms with van der Waals surface area (Å²) in [5.41, 5.74) is 13.1. The number of furan rings is 6. The number of rotatable bonds is 3. The van der Waals surface area contributed by atoms with Crippen LogP contribution in [0, 0.1) is 0 Å². The van der Waals surface area contributed by atoms with Gasteiger partial charge in [0.15, 0.2) is 0 Å². The third-order valence-corrected chi connectivity index (χ3v) is 15.5. The molecule has 0 fully saturated rings. The van der Waals surface area contributed by atoms with Crippen LogP contribution in [-0.2, 0) is 0 Å². The maximum atomic E-state index is 9.91. The highest BCUT2D eigenvalue weighted by molar-refractivity contribution is 9.11. The van der Waals surface area contributed by atoms with E-state index >= 15 is 0 Å². The highest BCUT2D eigenvalue weighted by Crippen LogP contribution is 2.48. The van der Waals surface area contributed by atoms with Gasteiger partial charge >= 0.3 is 7.12 Å². The molecule has 11 heteroatoms. The summed E-state index contributed by atoms with van der Waals surface area (Å²) in [4.78, 5) is 0. The standard InChI is InChI=1S/C42H22O4.C18H11BO4.C6H4Br2/c1-5-16-33-25(12-1)29-21-30-26-13-2-6-17-34(26)44-40(30)37(39(29)43-33)23-10-9-11-24(20-23)38-41-31(27-14-3-7-18-35(27)45-41)22-32-28-15-4-8-19-36(28)46-42(32)38;20-19(21)16-17-12(10-5-1-3-7-14(10)22-17)9-13-11-6-2-4-8-15(11)23-18(13)16;7-5-2-1-3-6(8)4-5/h1-22H;1-9,20-21H;1-4H. The third-order valence-electron chi connectivity index (χ3n) is 14.6. The lowest BCUT2D eigenvalue weighted by Crippen LogP contribution is -2.30. The summed E-state index contributed by atoms with van der Waals surface area (Å²) in [6.07, 6.45) is 0. The average Bonchev–Trinajstić information content (AvgIpc) is 4.49. The van der Waals surface area contributed by atoms with Crippen molar-refractivity contribution in [1.82, 2.24) is 0 Å². The van der Waals surface area contributed by atoms with Gasteiger partial charge in [0, 0.05) is 73.6 Å². The predicted octanol–water partition coefficient (Wildman–Crippen LogP) is 19.0. The van der Waals surface area contributed by atoms with Gasteiger partial charge in [-0.3, -0.25) is 0 Å². The van der Waals surface area contributed by atoms with Crippen molar-refractivity contribution < 1.29 is 36.6 Å². The second kappa shape index (κ2) is 17.9. The van der Waals surface area contributed by atoms with Gasteiger partial charge in [-0.2, -0.15) is 0 Å². The first-order chi connectivity index (χ1) is 37.8. The van der Waals surface area contributed by atoms with Crippen molar-refractivity contribution in [3.05, 3.63) is 221 Å². The van der Waals surface area contributed by atoms with Gasteiger partial charge < -0.3 is 36.6 Å². The van der Waals surface area contributed by atoms with Crippen LogP contribution in [0.2, 0.25) is 0 Å². The van der Waals surface area contributed by atoms with Crippen LogP contribution >= 0.6 is 31.9 Å². The fraction of sp³-hybridized carbons (Fsp3) is 0. The van der Waals surface area contributed by atoms with Crippen molar-refractivity contribution in [3.63, 3.8) is 0 Å². The van der Waals surface area contributed by atoms with E-state index in [0.29, 0.717) is 22.3 Å². The molecule has 17 aromatic rings. The third kappa shape index (κ3) is 7.34. The van der Waals surface area contributed by atoms with Crippen molar-refractivity contribution in [2.45, 2.75) is 0 Å². The molecule has 2 N–H and O–H groups in total. The van der Waals surface area contributed by atoms with Crippen LogP contribution < -0.4 is 5.46 Å². The topological polar surface area (TPSA) is 119 Å². The molecule has 0 saturated heterocycles. The van der Waals surface area contributed by atoms with Crippen molar-refractivity contribution >= 4 is 176 Å². The van der Waals surface area contributed by atoms with E-state index < -0.39 is 7.12 Å². The molecule has 77 heavy (non-hydrogen) atoms. The van der Waals surface area contributed by atoms with Gasteiger partial charge in [0.1, 0.15) is 67.0 Å². The summed E-state index contributed by atoms with van der Waals surface area (Å²) in [5, 5.41) is 32.0. The molecule has 0 radical (unpaired) electrons. The number of halogens is 2. The van der Waals surface area contributed by atoms with Crippen LogP contribution in [-0.4, -0.2) is 17.2 Å². The van der Waals surface area contributed by atoms with Gasteiger partial charge in [0.25, 0.3) is 0 Å². The van der Waals surface area contributed by atoms with E-state index in [1.165, 1.54) is 0 Å². The Bertz CT molecular complexity index is 4720. The van der Waals surface area contributed by atoms with Crippen molar-refractivity contribution in [3.8, 4) is 22.3 Å². The Hall–Kier alpha value is -8.84. The molecular formula is C66H37BBr2O8. The largest absolute Gasteiger partial charge is 0.496 e. The Labute approximate surface area is 453 Å². The van der Waals surface area contributed by atoms with Crippen molar-refractivity contribution in [1.29, 1.82) is 0 Å². The Morgan fingerprint density at radius 3 is 0.792 bits per heavy atom. The van der Waals surface area contributed by atoms with Crippen LogP contribution in [0.15, 0.2) is 248 Å². The van der Waals surface area contributed by atoms with Gasteiger partial charge in [-0.1, -0.05) is 165 Å². The van der Waals surface area contributed by atoms with E-state index in [1.54, 1.807) is 0 Å². The Morgan fingerprint density at radius 2 is 0.519 bits per heavy atom. The van der Waals surface area contributed by atoms with Crippen molar-refractivity contribution in [2.24, 2.45) is 0 Å². The predicted molar refractivity (Wildman–Crippen MR) is 319 cm³/mol. The molecule has 366 valence electrons. The van der Waals surface area contributed by atoms with Crippen LogP contribution in [0.4, 0.5) is 0 Å². The van der Waals surface area contributed by atoms with Gasteiger partial charge in [-0.25, -0.2) is 0 Å². The summed E-state index contributed by atoms with van der Waals surface area (Å²) < 4.78 is 40.4. The van der Waals surface area contributed by atoms with Gasteiger partial charge in [0.2, 0.25) is 0 Å². The number of hydrogen-bond acceptors (Lipinski definition) is 8. The van der Waals surface area contributed by atoms with Crippen LogP contribution in [0.5, 0.6) is 0 Å². The minimum Gasteiger partial charge on any atom is -0.456 e. The molecule has 8 nitrogen and oxygen atoms in total. The Kier molecular flexibility index (Phi) is 10.6. The lowest BCUT2D eigenvalue weighted by molar-refractivity contribution is 0.425. The lowest BCUT2D eigenvalue weighted by Gasteiger charge is -2.09. The lowest BCUT2D eigenvalue weighted by atomic mass is 9.78. The Balaban J connectivity index is 0.000000138. The smallest absolute Gasteiger partial charge is 0.456 e. The first-order valence-electron chi connectivity index (χ1n) is 25.0. The molecule has 0 bridgehead atoms. The van der Waals surface area contributed by atoms with Crippen LogP contribution in [0.3, 0.4) is 0 Å². The van der Waals surface area contributed by atoms with Gasteiger partial charge in [-0.05, 0) is 90.0 Å². The molecule has 17 rings (SSSR count). The molecule has 0 amide bonds. The van der Waals surface area contributed by atoms with E-state index in [4.69, 9.17) is 26.5 Å². The number of benzene rings is 11. The highest BCUT2D eigenvalue weighted by Gasteiger charge is 2.28. The quantitative estimate of drug-likeness (QED) is 0.168. The first kappa shape index (κ1) is 45.5. The first-order valence-corrected chi connectivity index (χ1v) is 26.6. The zero-order valence-electron chi connectivity index (χ0n) is 40.4. The number of para-hydroxylation sites is 6. The molecule has 0 unspecified atom stereocenters. The molecular weight excluding hydrogens is 1090 g/mol. The zero-order valence-corrected chi connectivity index (χ0v) is 43.6. The zero-order chi connectivity index (χ0) is 51.5. The molecule has 0 atom stereocenters. The fourth-order valence-electron chi connectivity index (χ4n) is 11.2. The molecule has 0 aliphatic carbocycles. The fourth-order valence-corrected chi connectivity index (χ4v) is 12.3. The molecule has 0 spiro atoms. The molecule has 11 aromatic carbocycles. The molecule has 0 aliphatic heterocycles. The van der Waals surface area contributed by atoms with E-state index in [0.717, 1.165) is 140 Å². The maximum Gasteiger partial charge on any atom is 0.496 e. The second-order valence-electron chi connectivity index (χ2n) is 19.0. The molecule has 0 aliphatic rings. The van der Waals surface area contributed by atoms with Gasteiger partial charge in [-0.15, -0.1) is 0 Å². The number of fused-ring (bicyclic) bond motifs is 18. The highest BCUT2D eigenvalue weighted by atomic mass is 79.9. The van der Waals surface area contributed by atoms with Crippen LogP contribution in [0.1, 0.15) is 0 Å². The molecule has 6 aromatic heterocycles. The monoisotopic (exact) mass is 1130 g/mol. The summed E-state index contributed by atoms with van der Waals surface area (Å²) in [6.45, 7) is 0. The Morgan fingerprint density at radius 1 is 0.260 bits per heavy atom. The second-order valence-corrected chi connectivity index (χ2v) is 20.9. The van der Waals surface area contributed by atoms with E-state index in [1.807, 2.05) is 127 Å². The van der Waals surface area contributed by atoms with E-state index in [-0.39, 0.29) is 5.46 Å². The summed E-state index contributed by atoms with van der Waals surface area (Å²) in [7, 11) is -1.68. The van der Waals surface area contributed by atoms with Crippen LogP contribution in [0.25, 0.3) is 154 Å². The minimum atomic E-state index is -1.68. The SMILES string of the molecule is Brc1cccc(Br)c1.OB(O)c1c2oc3ccccc3c2cc2c1oc1ccccc12.c1cc(-c2c3oc4ccccc4c3cc3c2oc2ccccc23)cc(-c2c3oc4ccccc4c3cc3c2oc2ccccc23)c1. The summed E-state index contributed by atoms with van der Waals surface area (Å²) >= 11 is 6.66. The van der Waals surface area contributed by atoms with E-state index in [9.17, 15) is 10.0 Å². The normalized spacial score (nSPS) is 11.9. The van der Waals surface area contributed by atoms with Gasteiger partial charge in [0.05, 0.1) is 16.6 Å². The number of hydrogen-bond donors (Lipinski definition) is 2. The minimum absolute atomic E-state index is 0.268. The van der Waals surface area contributed by atoms with Crippen molar-refractivity contribution in [2.75, 3.05) is 0 Å². The molecule has 6 heterocycles.